The first-order valence-electron chi connectivity index (χ1n) is 25.2. The average molecular weight is 919 g/mol. The maximum Gasteiger partial charge on any atom is 0.0713 e. The van der Waals surface area contributed by atoms with Crippen LogP contribution in [0.25, 0.3) is 72.0 Å². The summed E-state index contributed by atoms with van der Waals surface area (Å²) in [5.74, 6) is 0. The van der Waals surface area contributed by atoms with E-state index in [2.05, 4.69) is 290 Å². The normalized spacial score (nSPS) is 13.6. The average Bonchev–Trinajstić information content (AvgIpc) is 4.02. The summed E-state index contributed by atoms with van der Waals surface area (Å²) in [6.07, 6.45) is 0. The Balaban J connectivity index is 0.870. The molecule has 0 atom stereocenters. The highest BCUT2D eigenvalue weighted by Crippen LogP contribution is 2.58. The molecule has 0 saturated carbocycles. The van der Waals surface area contributed by atoms with Crippen molar-refractivity contribution in [2.75, 3.05) is 4.90 Å². The summed E-state index contributed by atoms with van der Waals surface area (Å²) in [6, 6.07) is 98.9. The SMILES string of the molecule is CC1(C)c2ccccc2-c2cc(N(c3ccc(-c4ccc(-c5ccc6c(c5)c5ccccc5n6-c5ccccc5)cc4)cc3)c3ccc4c(c3)-c3ccccc3C4(c3ccccc3)c3ccccc3)ccc21. The summed E-state index contributed by atoms with van der Waals surface area (Å²) < 4.78 is 2.37. The molecule has 0 bridgehead atoms. The molecule has 340 valence electrons. The van der Waals surface area contributed by atoms with E-state index in [0.29, 0.717) is 0 Å². The molecule has 0 spiro atoms. The van der Waals surface area contributed by atoms with Crippen LogP contribution in [-0.4, -0.2) is 4.57 Å². The first-order chi connectivity index (χ1) is 35.5. The van der Waals surface area contributed by atoms with Crippen LogP contribution in [-0.2, 0) is 10.8 Å². The molecule has 14 rings (SSSR count). The smallest absolute Gasteiger partial charge is 0.0713 e. The Morgan fingerprint density at radius 3 is 1.39 bits per heavy atom. The Kier molecular flexibility index (Phi) is 9.50. The minimum Gasteiger partial charge on any atom is -0.310 e. The highest BCUT2D eigenvalue weighted by Gasteiger charge is 2.46. The number of fused-ring (bicyclic) bond motifs is 9. The fourth-order valence-corrected chi connectivity index (χ4v) is 12.5. The standard InChI is InChI=1S/C70H50N2/c1-69(2)63-27-15-12-24-57(63)60-45-55(39-41-64(60)69)71(56-40-42-66-61(46-56)58-25-13-16-28-65(58)70(66,51-18-6-3-7-19-51)52-20-8-4-9-21-52)54-37-34-48(35-38-54)47-30-32-49(33-31-47)50-36-43-68-62(44-50)59-26-14-17-29-67(59)72(68)53-22-10-5-11-23-53/h3-46H,1-2H3. The molecular formula is C70H50N2. The molecule has 2 nitrogen and oxygen atoms in total. The van der Waals surface area contributed by atoms with Crippen molar-refractivity contribution in [1.82, 2.24) is 4.57 Å². The van der Waals surface area contributed by atoms with Crippen LogP contribution in [0, 0.1) is 0 Å². The zero-order valence-electron chi connectivity index (χ0n) is 40.3. The third-order valence-corrected chi connectivity index (χ3v) is 15.9. The van der Waals surface area contributed by atoms with E-state index < -0.39 is 5.41 Å². The Bertz CT molecular complexity index is 3990. The predicted molar refractivity (Wildman–Crippen MR) is 301 cm³/mol. The summed E-state index contributed by atoms with van der Waals surface area (Å²) in [4.78, 5) is 2.46. The topological polar surface area (TPSA) is 8.17 Å². The van der Waals surface area contributed by atoms with Gasteiger partial charge in [-0.25, -0.2) is 0 Å². The van der Waals surface area contributed by atoms with Gasteiger partial charge in [0.2, 0.25) is 0 Å². The van der Waals surface area contributed by atoms with E-state index >= 15 is 0 Å². The molecule has 0 N–H and O–H groups in total. The van der Waals surface area contributed by atoms with Gasteiger partial charge in [-0.05, 0) is 145 Å². The van der Waals surface area contributed by atoms with Gasteiger partial charge in [0.05, 0.1) is 16.4 Å². The van der Waals surface area contributed by atoms with Crippen LogP contribution in [0.1, 0.15) is 47.2 Å². The minimum atomic E-state index is -0.465. The van der Waals surface area contributed by atoms with Crippen molar-refractivity contribution in [2.24, 2.45) is 0 Å². The molecule has 0 fully saturated rings. The van der Waals surface area contributed by atoms with Crippen LogP contribution in [0.4, 0.5) is 17.1 Å². The molecule has 11 aromatic carbocycles. The number of para-hydroxylation sites is 2. The zero-order valence-corrected chi connectivity index (χ0v) is 40.3. The fourth-order valence-electron chi connectivity index (χ4n) is 12.5. The lowest BCUT2D eigenvalue weighted by Gasteiger charge is -2.34. The van der Waals surface area contributed by atoms with Crippen LogP contribution in [0.15, 0.2) is 267 Å². The van der Waals surface area contributed by atoms with Gasteiger partial charge < -0.3 is 9.47 Å². The number of hydrogen-bond acceptors (Lipinski definition) is 1. The number of anilines is 3. The second kappa shape index (κ2) is 16.3. The lowest BCUT2D eigenvalue weighted by atomic mass is 9.68. The predicted octanol–water partition coefficient (Wildman–Crippen LogP) is 18.3. The van der Waals surface area contributed by atoms with Gasteiger partial charge in [0.25, 0.3) is 0 Å². The maximum atomic E-state index is 2.46. The quantitative estimate of drug-likeness (QED) is 0.147. The first kappa shape index (κ1) is 41.9. The van der Waals surface area contributed by atoms with Gasteiger partial charge in [0, 0.05) is 38.9 Å². The van der Waals surface area contributed by atoms with Crippen molar-refractivity contribution in [1.29, 1.82) is 0 Å². The molecule has 0 saturated heterocycles. The van der Waals surface area contributed by atoms with Gasteiger partial charge in [-0.3, -0.25) is 0 Å². The molecule has 2 heteroatoms. The summed E-state index contributed by atoms with van der Waals surface area (Å²) in [6.45, 7) is 4.71. The van der Waals surface area contributed by atoms with Crippen LogP contribution in [0.5, 0.6) is 0 Å². The highest BCUT2D eigenvalue weighted by atomic mass is 15.1. The van der Waals surface area contributed by atoms with Crippen molar-refractivity contribution in [3.63, 3.8) is 0 Å². The van der Waals surface area contributed by atoms with Crippen LogP contribution < -0.4 is 4.90 Å². The summed E-state index contributed by atoms with van der Waals surface area (Å²) in [5, 5.41) is 2.52. The molecule has 0 amide bonds. The van der Waals surface area contributed by atoms with Crippen molar-refractivity contribution in [2.45, 2.75) is 24.7 Å². The maximum absolute atomic E-state index is 2.46. The number of aromatic nitrogens is 1. The highest BCUT2D eigenvalue weighted by molar-refractivity contribution is 6.10. The molecule has 0 radical (unpaired) electrons. The molecule has 72 heavy (non-hydrogen) atoms. The Hall–Kier alpha value is -8.98. The minimum absolute atomic E-state index is 0.0858. The van der Waals surface area contributed by atoms with E-state index in [1.807, 2.05) is 0 Å². The Morgan fingerprint density at radius 1 is 0.306 bits per heavy atom. The molecule has 0 unspecified atom stereocenters. The van der Waals surface area contributed by atoms with E-state index in [1.54, 1.807) is 0 Å². The lowest BCUT2D eigenvalue weighted by Crippen LogP contribution is -2.28. The van der Waals surface area contributed by atoms with Gasteiger partial charge in [-0.2, -0.15) is 0 Å². The van der Waals surface area contributed by atoms with Crippen molar-refractivity contribution >= 4 is 38.9 Å². The molecule has 2 aliphatic carbocycles. The lowest BCUT2D eigenvalue weighted by molar-refractivity contribution is 0.660. The second-order valence-electron chi connectivity index (χ2n) is 20.0. The summed E-state index contributed by atoms with van der Waals surface area (Å²) in [7, 11) is 0. The van der Waals surface area contributed by atoms with Gasteiger partial charge in [-0.15, -0.1) is 0 Å². The van der Waals surface area contributed by atoms with Crippen molar-refractivity contribution < 1.29 is 0 Å². The monoisotopic (exact) mass is 918 g/mol. The molecule has 1 aromatic heterocycles. The number of hydrogen-bond donors (Lipinski definition) is 0. The van der Waals surface area contributed by atoms with Crippen LogP contribution in [0.3, 0.4) is 0 Å². The van der Waals surface area contributed by atoms with Gasteiger partial charge in [-0.1, -0.05) is 214 Å². The molecule has 2 aliphatic rings. The van der Waals surface area contributed by atoms with Crippen LogP contribution >= 0.6 is 0 Å². The fraction of sp³-hybridized carbons (Fsp3) is 0.0571. The van der Waals surface area contributed by atoms with Crippen LogP contribution in [0.2, 0.25) is 0 Å². The van der Waals surface area contributed by atoms with Gasteiger partial charge in [0.15, 0.2) is 0 Å². The van der Waals surface area contributed by atoms with Crippen molar-refractivity contribution in [3.05, 3.63) is 300 Å². The van der Waals surface area contributed by atoms with E-state index in [1.165, 1.54) is 105 Å². The molecular weight excluding hydrogens is 869 g/mol. The van der Waals surface area contributed by atoms with E-state index in [9.17, 15) is 0 Å². The van der Waals surface area contributed by atoms with Gasteiger partial charge >= 0.3 is 0 Å². The number of nitrogens with zero attached hydrogens (tertiary/aromatic N) is 2. The summed E-state index contributed by atoms with van der Waals surface area (Å²) in [5.41, 5.74) is 24.2. The zero-order chi connectivity index (χ0) is 48.0. The Labute approximate surface area is 421 Å². The summed E-state index contributed by atoms with van der Waals surface area (Å²) >= 11 is 0. The van der Waals surface area contributed by atoms with E-state index in [4.69, 9.17) is 0 Å². The second-order valence-corrected chi connectivity index (χ2v) is 20.0. The molecule has 0 aliphatic heterocycles. The largest absolute Gasteiger partial charge is 0.310 e. The van der Waals surface area contributed by atoms with E-state index in [0.717, 1.165) is 17.1 Å². The molecule has 1 heterocycles. The number of benzene rings is 11. The van der Waals surface area contributed by atoms with Crippen molar-refractivity contribution in [3.8, 4) is 50.2 Å². The van der Waals surface area contributed by atoms with Gasteiger partial charge in [0.1, 0.15) is 0 Å². The third-order valence-electron chi connectivity index (χ3n) is 15.9. The van der Waals surface area contributed by atoms with E-state index in [-0.39, 0.29) is 5.41 Å². The molecule has 12 aromatic rings. The third kappa shape index (κ3) is 6.28. The number of rotatable bonds is 8. The first-order valence-corrected chi connectivity index (χ1v) is 25.2. The Morgan fingerprint density at radius 2 is 0.736 bits per heavy atom.